The van der Waals surface area contributed by atoms with E-state index in [0.717, 1.165) is 25.2 Å². The number of hydrogen-bond donors (Lipinski definition) is 0. The van der Waals surface area contributed by atoms with Gasteiger partial charge in [-0.05, 0) is 35.7 Å². The van der Waals surface area contributed by atoms with Crippen LogP contribution in [0.4, 0.5) is 0 Å². The summed E-state index contributed by atoms with van der Waals surface area (Å²) in [5.74, 6) is 0.678. The summed E-state index contributed by atoms with van der Waals surface area (Å²) in [4.78, 5) is 17.4. The largest absolute Gasteiger partial charge is 0.496 e. The minimum atomic E-state index is -3.61. The monoisotopic (exact) mass is 513 g/mol. The van der Waals surface area contributed by atoms with Crippen molar-refractivity contribution in [2.45, 2.75) is 17.7 Å². The lowest BCUT2D eigenvalue weighted by molar-refractivity contribution is -0.132. The molecule has 194 valence electrons. The summed E-state index contributed by atoms with van der Waals surface area (Å²) < 4.78 is 38.3. The predicted molar refractivity (Wildman–Crippen MR) is 139 cm³/mol. The molecule has 0 aliphatic carbocycles. The number of nitrogens with zero attached hydrogens (tertiary/aromatic N) is 3. The Labute approximate surface area is 214 Å². The van der Waals surface area contributed by atoms with E-state index in [4.69, 9.17) is 9.47 Å². The number of methoxy groups -OCH3 is 1. The van der Waals surface area contributed by atoms with Crippen molar-refractivity contribution in [2.24, 2.45) is 0 Å². The number of carbonyl (C=O) groups excluding carboxylic acids is 1. The van der Waals surface area contributed by atoms with Crippen LogP contribution in [-0.2, 0) is 26.0 Å². The van der Waals surface area contributed by atoms with Gasteiger partial charge in [0, 0.05) is 52.2 Å². The number of amides is 1. The average molecular weight is 514 g/mol. The van der Waals surface area contributed by atoms with Crippen LogP contribution in [0.5, 0.6) is 5.75 Å². The zero-order chi connectivity index (χ0) is 25.4. The number of rotatable bonds is 9. The van der Waals surface area contributed by atoms with Gasteiger partial charge in [0.25, 0.3) is 0 Å². The van der Waals surface area contributed by atoms with Crippen LogP contribution in [0.1, 0.15) is 17.5 Å². The first-order valence-electron chi connectivity index (χ1n) is 12.4. The molecule has 0 atom stereocenters. The van der Waals surface area contributed by atoms with Gasteiger partial charge in [-0.1, -0.05) is 42.5 Å². The molecule has 2 aliphatic rings. The summed E-state index contributed by atoms with van der Waals surface area (Å²) in [6.07, 6.45) is 5.02. The Morgan fingerprint density at radius 3 is 2.42 bits per heavy atom. The lowest BCUT2D eigenvalue weighted by Gasteiger charge is -2.34. The van der Waals surface area contributed by atoms with Crippen molar-refractivity contribution < 1.29 is 22.7 Å². The summed E-state index contributed by atoms with van der Waals surface area (Å²) in [5.41, 5.74) is 1.91. The fraction of sp³-hybridized carbons (Fsp3) is 0.444. The number of ether oxygens (including phenoxy) is 2. The number of morpholine rings is 1. The molecule has 36 heavy (non-hydrogen) atoms. The molecule has 0 N–H and O–H groups in total. The zero-order valence-electron chi connectivity index (χ0n) is 20.8. The molecule has 2 saturated heterocycles. The van der Waals surface area contributed by atoms with Crippen LogP contribution in [0.3, 0.4) is 0 Å². The van der Waals surface area contributed by atoms with Crippen molar-refractivity contribution in [2.75, 3.05) is 66.1 Å². The van der Waals surface area contributed by atoms with E-state index in [1.165, 1.54) is 9.87 Å². The van der Waals surface area contributed by atoms with Crippen LogP contribution in [0.2, 0.25) is 0 Å². The third-order valence-corrected chi connectivity index (χ3v) is 8.56. The fourth-order valence-corrected chi connectivity index (χ4v) is 5.99. The molecule has 2 aromatic carbocycles. The Hall–Kier alpha value is -2.72. The molecule has 0 spiro atoms. The Morgan fingerprint density at radius 1 is 1.00 bits per heavy atom. The number of hydrogen-bond acceptors (Lipinski definition) is 6. The average Bonchev–Trinajstić information content (AvgIpc) is 2.93. The van der Waals surface area contributed by atoms with Crippen molar-refractivity contribution in [3.8, 4) is 5.75 Å². The first-order valence-corrected chi connectivity index (χ1v) is 13.9. The van der Waals surface area contributed by atoms with Gasteiger partial charge in [0.05, 0.1) is 25.2 Å². The zero-order valence-corrected chi connectivity index (χ0v) is 21.7. The summed E-state index contributed by atoms with van der Waals surface area (Å²) in [5, 5.41) is 0. The van der Waals surface area contributed by atoms with Crippen molar-refractivity contribution in [3.05, 3.63) is 65.7 Å². The minimum absolute atomic E-state index is 0.0815. The molecule has 0 unspecified atom stereocenters. The second kappa shape index (κ2) is 12.5. The summed E-state index contributed by atoms with van der Waals surface area (Å²) >= 11 is 0. The summed E-state index contributed by atoms with van der Waals surface area (Å²) in [6, 6.07) is 15.1. The second-order valence-electron chi connectivity index (χ2n) is 8.98. The van der Waals surface area contributed by atoms with Gasteiger partial charge >= 0.3 is 0 Å². The smallest absolute Gasteiger partial charge is 0.243 e. The molecule has 1 amide bonds. The SMILES string of the molecule is COc1ccc(S(=O)(=O)N2CCOCC2)cc1CCC(=O)N1CCN(C/C=C/c2ccccc2)CC1. The van der Waals surface area contributed by atoms with Crippen LogP contribution in [0.25, 0.3) is 6.08 Å². The number of piperazine rings is 1. The number of aryl methyl sites for hydroxylation is 1. The van der Waals surface area contributed by atoms with Crippen LogP contribution in [0, 0.1) is 0 Å². The van der Waals surface area contributed by atoms with E-state index >= 15 is 0 Å². The Morgan fingerprint density at radius 2 is 1.72 bits per heavy atom. The Balaban J connectivity index is 1.30. The van der Waals surface area contributed by atoms with Gasteiger partial charge in [-0.3, -0.25) is 9.69 Å². The standard InChI is InChI=1S/C27H35N3O5S/c1-34-26-11-10-25(36(32,33)30-18-20-35-21-19-30)22-24(26)9-12-27(31)29-16-14-28(15-17-29)13-5-8-23-6-3-2-4-7-23/h2-8,10-11,22H,9,12-21H2,1H3/b8-5+. The normalized spacial score (nSPS) is 18.0. The molecule has 2 aromatic rings. The summed E-state index contributed by atoms with van der Waals surface area (Å²) in [6.45, 7) is 5.40. The maximum absolute atomic E-state index is 13.1. The molecule has 9 heteroatoms. The highest BCUT2D eigenvalue weighted by molar-refractivity contribution is 7.89. The van der Waals surface area contributed by atoms with Crippen LogP contribution >= 0.6 is 0 Å². The van der Waals surface area contributed by atoms with Crippen molar-refractivity contribution in [1.29, 1.82) is 0 Å². The maximum atomic E-state index is 13.1. The topological polar surface area (TPSA) is 79.4 Å². The van der Waals surface area contributed by atoms with Gasteiger partial charge in [0.1, 0.15) is 5.75 Å². The molecule has 8 nitrogen and oxygen atoms in total. The molecular formula is C27H35N3O5S. The van der Waals surface area contributed by atoms with E-state index in [2.05, 4.69) is 29.2 Å². The van der Waals surface area contributed by atoms with Gasteiger partial charge < -0.3 is 14.4 Å². The van der Waals surface area contributed by atoms with E-state index < -0.39 is 10.0 Å². The third-order valence-electron chi connectivity index (χ3n) is 6.67. The van der Waals surface area contributed by atoms with Gasteiger partial charge in [-0.15, -0.1) is 0 Å². The number of sulfonamides is 1. The van der Waals surface area contributed by atoms with E-state index in [9.17, 15) is 13.2 Å². The highest BCUT2D eigenvalue weighted by atomic mass is 32.2. The highest BCUT2D eigenvalue weighted by Gasteiger charge is 2.27. The van der Waals surface area contributed by atoms with E-state index in [1.54, 1.807) is 25.3 Å². The molecule has 2 aliphatic heterocycles. The van der Waals surface area contributed by atoms with Crippen LogP contribution in [0.15, 0.2) is 59.5 Å². The lowest BCUT2D eigenvalue weighted by Crippen LogP contribution is -2.48. The van der Waals surface area contributed by atoms with Gasteiger partial charge in [0.15, 0.2) is 0 Å². The second-order valence-corrected chi connectivity index (χ2v) is 10.9. The van der Waals surface area contributed by atoms with Crippen LogP contribution < -0.4 is 4.74 Å². The maximum Gasteiger partial charge on any atom is 0.243 e. The van der Waals surface area contributed by atoms with Gasteiger partial charge in [0.2, 0.25) is 15.9 Å². The highest BCUT2D eigenvalue weighted by Crippen LogP contribution is 2.26. The molecule has 2 fully saturated rings. The number of carbonyl (C=O) groups is 1. The Bertz CT molecular complexity index is 1140. The third kappa shape index (κ3) is 6.73. The van der Waals surface area contributed by atoms with Crippen molar-refractivity contribution in [1.82, 2.24) is 14.1 Å². The fourth-order valence-electron chi connectivity index (χ4n) is 4.53. The molecule has 0 radical (unpaired) electrons. The molecule has 4 rings (SSSR count). The quantitative estimate of drug-likeness (QED) is 0.513. The van der Waals surface area contributed by atoms with E-state index in [-0.39, 0.29) is 10.8 Å². The molecule has 0 saturated carbocycles. The minimum Gasteiger partial charge on any atom is -0.496 e. The summed E-state index contributed by atoms with van der Waals surface area (Å²) in [7, 11) is -2.05. The first kappa shape index (κ1) is 26.3. The molecule has 0 aromatic heterocycles. The van der Waals surface area contributed by atoms with Crippen LogP contribution in [-0.4, -0.2) is 94.6 Å². The molecular weight excluding hydrogens is 478 g/mol. The van der Waals surface area contributed by atoms with Gasteiger partial charge in [-0.25, -0.2) is 8.42 Å². The first-order chi connectivity index (χ1) is 17.5. The van der Waals surface area contributed by atoms with E-state index in [0.29, 0.717) is 58.0 Å². The molecule has 2 heterocycles. The van der Waals surface area contributed by atoms with Gasteiger partial charge in [-0.2, -0.15) is 4.31 Å². The van der Waals surface area contributed by atoms with Crippen molar-refractivity contribution >= 4 is 22.0 Å². The lowest BCUT2D eigenvalue weighted by atomic mass is 10.1. The van der Waals surface area contributed by atoms with Crippen molar-refractivity contribution in [3.63, 3.8) is 0 Å². The Kier molecular flexibility index (Phi) is 9.14. The van der Waals surface area contributed by atoms with E-state index in [1.807, 2.05) is 23.1 Å². The predicted octanol–water partition coefficient (Wildman–Crippen LogP) is 2.51. The molecule has 0 bridgehead atoms. The number of benzene rings is 2.